The van der Waals surface area contributed by atoms with Gasteiger partial charge in [0.05, 0.1) is 12.0 Å². The molecule has 9 heteroatoms. The predicted octanol–water partition coefficient (Wildman–Crippen LogP) is 0.850. The quantitative estimate of drug-likeness (QED) is 0.462. The summed E-state index contributed by atoms with van der Waals surface area (Å²) in [6.07, 6.45) is -1.62. The number of nitro benzene ring substituents is 1. The highest BCUT2D eigenvalue weighted by Gasteiger charge is 2.25. The third-order valence-corrected chi connectivity index (χ3v) is 3.92. The van der Waals surface area contributed by atoms with Crippen LogP contribution in [0.25, 0.3) is 0 Å². The number of nitro groups is 1. The van der Waals surface area contributed by atoms with Crippen molar-refractivity contribution in [2.75, 3.05) is 7.11 Å². The van der Waals surface area contributed by atoms with Crippen LogP contribution in [0.4, 0.5) is 5.69 Å². The minimum Gasteiger partial charge on any atom is -0.496 e. The molecule has 0 spiro atoms. The van der Waals surface area contributed by atoms with Gasteiger partial charge in [-0.05, 0) is 11.6 Å². The fourth-order valence-electron chi connectivity index (χ4n) is 2.52. The van der Waals surface area contributed by atoms with Gasteiger partial charge in [0.25, 0.3) is 11.6 Å². The van der Waals surface area contributed by atoms with E-state index in [1.807, 2.05) is 0 Å². The SMILES string of the molecule is COc1ccc([N+](=O)[O-])cc1C[C@H](NC(=O)[C@@H](O)c1ccccc1)C(N)=O. The van der Waals surface area contributed by atoms with Gasteiger partial charge in [0.15, 0.2) is 6.10 Å². The van der Waals surface area contributed by atoms with E-state index in [0.717, 1.165) is 0 Å². The smallest absolute Gasteiger partial charge is 0.269 e. The normalized spacial score (nSPS) is 12.7. The summed E-state index contributed by atoms with van der Waals surface area (Å²) in [5.74, 6) is -1.35. The first-order chi connectivity index (χ1) is 12.8. The van der Waals surface area contributed by atoms with Crippen LogP contribution in [0, 0.1) is 10.1 Å². The van der Waals surface area contributed by atoms with Gasteiger partial charge in [-0.25, -0.2) is 0 Å². The van der Waals surface area contributed by atoms with Crippen molar-refractivity contribution in [3.05, 3.63) is 69.8 Å². The standard InChI is InChI=1S/C18H19N3O6/c1-27-15-8-7-13(21(25)26)9-12(15)10-14(17(19)23)20-18(24)16(22)11-5-3-2-4-6-11/h2-9,14,16,22H,10H2,1H3,(H2,19,23)(H,20,24)/t14-,16-/m0/s1. The van der Waals surface area contributed by atoms with E-state index in [0.29, 0.717) is 16.9 Å². The molecule has 142 valence electrons. The number of nitrogens with two attached hydrogens (primary N) is 1. The lowest BCUT2D eigenvalue weighted by Gasteiger charge is -2.19. The maximum Gasteiger partial charge on any atom is 0.269 e. The van der Waals surface area contributed by atoms with Gasteiger partial charge in [-0.3, -0.25) is 19.7 Å². The molecule has 0 radical (unpaired) electrons. The van der Waals surface area contributed by atoms with Gasteiger partial charge in [-0.15, -0.1) is 0 Å². The molecule has 9 nitrogen and oxygen atoms in total. The highest BCUT2D eigenvalue weighted by molar-refractivity contribution is 5.89. The molecule has 27 heavy (non-hydrogen) atoms. The number of nitrogens with one attached hydrogen (secondary N) is 1. The molecule has 0 aliphatic carbocycles. The van der Waals surface area contributed by atoms with E-state index in [-0.39, 0.29) is 12.1 Å². The molecule has 0 bridgehead atoms. The Morgan fingerprint density at radius 3 is 2.48 bits per heavy atom. The number of non-ortho nitro benzene ring substituents is 1. The first-order valence-corrected chi connectivity index (χ1v) is 7.97. The van der Waals surface area contributed by atoms with Crippen molar-refractivity contribution in [2.45, 2.75) is 18.6 Å². The summed E-state index contributed by atoms with van der Waals surface area (Å²) in [5, 5.41) is 23.5. The van der Waals surface area contributed by atoms with Crippen molar-refractivity contribution in [3.63, 3.8) is 0 Å². The number of carbonyl (C=O) groups excluding carboxylic acids is 2. The molecule has 2 amide bonds. The van der Waals surface area contributed by atoms with Gasteiger partial charge >= 0.3 is 0 Å². The Labute approximate surface area is 154 Å². The fourth-order valence-corrected chi connectivity index (χ4v) is 2.52. The highest BCUT2D eigenvalue weighted by atomic mass is 16.6. The lowest BCUT2D eigenvalue weighted by atomic mass is 10.0. The molecule has 2 rings (SSSR count). The molecule has 2 aromatic rings. The molecule has 0 aliphatic rings. The Balaban J connectivity index is 2.21. The minimum absolute atomic E-state index is 0.132. The van der Waals surface area contributed by atoms with Gasteiger partial charge in [-0.1, -0.05) is 30.3 Å². The van der Waals surface area contributed by atoms with Crippen molar-refractivity contribution >= 4 is 17.5 Å². The number of ether oxygens (including phenoxy) is 1. The van der Waals surface area contributed by atoms with E-state index in [2.05, 4.69) is 5.32 Å². The lowest BCUT2D eigenvalue weighted by Crippen LogP contribution is -2.47. The molecular formula is C18H19N3O6. The van der Waals surface area contributed by atoms with Crippen molar-refractivity contribution in [2.24, 2.45) is 5.73 Å². The molecule has 4 N–H and O–H groups in total. The number of hydrogen-bond donors (Lipinski definition) is 3. The first kappa shape index (κ1) is 19.9. The number of carbonyl (C=O) groups is 2. The van der Waals surface area contributed by atoms with Gasteiger partial charge in [0.2, 0.25) is 5.91 Å². The third kappa shape index (κ3) is 5.02. The maximum atomic E-state index is 12.3. The van der Waals surface area contributed by atoms with Crippen LogP contribution in [0.5, 0.6) is 5.75 Å². The van der Waals surface area contributed by atoms with Crippen LogP contribution >= 0.6 is 0 Å². The number of rotatable bonds is 8. The Hall–Kier alpha value is -3.46. The van der Waals surface area contributed by atoms with Gasteiger partial charge in [0, 0.05) is 24.1 Å². The van der Waals surface area contributed by atoms with Gasteiger partial charge < -0.3 is 20.9 Å². The molecule has 0 fully saturated rings. The molecule has 0 heterocycles. The molecular weight excluding hydrogens is 354 g/mol. The summed E-state index contributed by atoms with van der Waals surface area (Å²) < 4.78 is 5.15. The number of methoxy groups -OCH3 is 1. The lowest BCUT2D eigenvalue weighted by molar-refractivity contribution is -0.384. The first-order valence-electron chi connectivity index (χ1n) is 7.97. The molecule has 0 saturated carbocycles. The second kappa shape index (κ2) is 8.77. The van der Waals surface area contributed by atoms with E-state index in [4.69, 9.17) is 10.5 Å². The second-order valence-corrected chi connectivity index (χ2v) is 5.73. The van der Waals surface area contributed by atoms with Crippen molar-refractivity contribution in [1.82, 2.24) is 5.32 Å². The van der Waals surface area contributed by atoms with Crippen LogP contribution in [-0.4, -0.2) is 35.0 Å². The second-order valence-electron chi connectivity index (χ2n) is 5.73. The van der Waals surface area contributed by atoms with Crippen molar-refractivity contribution in [1.29, 1.82) is 0 Å². The van der Waals surface area contributed by atoms with Gasteiger partial charge in [0.1, 0.15) is 11.8 Å². The highest BCUT2D eigenvalue weighted by Crippen LogP contribution is 2.25. The Kier molecular flexibility index (Phi) is 6.45. The number of primary amides is 1. The minimum atomic E-state index is -1.49. The summed E-state index contributed by atoms with van der Waals surface area (Å²) in [6, 6.07) is 10.9. The summed E-state index contributed by atoms with van der Waals surface area (Å²) in [5.41, 5.74) is 5.84. The molecule has 2 aromatic carbocycles. The van der Waals surface area contributed by atoms with Crippen LogP contribution in [0.15, 0.2) is 48.5 Å². The Morgan fingerprint density at radius 2 is 1.93 bits per heavy atom. The van der Waals surface area contributed by atoms with Crippen LogP contribution in [-0.2, 0) is 16.0 Å². The molecule has 0 aromatic heterocycles. The number of amides is 2. The summed E-state index contributed by atoms with van der Waals surface area (Å²) in [4.78, 5) is 34.4. The zero-order chi connectivity index (χ0) is 20.0. The van der Waals surface area contributed by atoms with E-state index < -0.39 is 28.9 Å². The Morgan fingerprint density at radius 1 is 1.26 bits per heavy atom. The largest absolute Gasteiger partial charge is 0.496 e. The maximum absolute atomic E-state index is 12.3. The molecule has 0 saturated heterocycles. The topological polar surface area (TPSA) is 145 Å². The van der Waals surface area contributed by atoms with E-state index in [9.17, 15) is 24.8 Å². The number of aliphatic hydroxyl groups is 1. The summed E-state index contributed by atoms with van der Waals surface area (Å²) in [6.45, 7) is 0. The summed E-state index contributed by atoms with van der Waals surface area (Å²) in [7, 11) is 1.38. The van der Waals surface area contributed by atoms with E-state index >= 15 is 0 Å². The predicted molar refractivity (Wildman–Crippen MR) is 95.9 cm³/mol. The molecule has 0 aliphatic heterocycles. The average Bonchev–Trinajstić information content (AvgIpc) is 2.67. The number of nitrogens with zero attached hydrogens (tertiary/aromatic N) is 1. The number of hydrogen-bond acceptors (Lipinski definition) is 6. The fraction of sp³-hybridized carbons (Fsp3) is 0.222. The molecule has 0 unspecified atom stereocenters. The monoisotopic (exact) mass is 373 g/mol. The zero-order valence-electron chi connectivity index (χ0n) is 14.5. The van der Waals surface area contributed by atoms with Crippen LogP contribution in [0.3, 0.4) is 0 Å². The zero-order valence-corrected chi connectivity index (χ0v) is 14.5. The third-order valence-electron chi connectivity index (χ3n) is 3.92. The van der Waals surface area contributed by atoms with Crippen LogP contribution < -0.4 is 15.8 Å². The van der Waals surface area contributed by atoms with Crippen LogP contribution in [0.1, 0.15) is 17.2 Å². The van der Waals surface area contributed by atoms with Crippen LogP contribution in [0.2, 0.25) is 0 Å². The summed E-state index contributed by atoms with van der Waals surface area (Å²) >= 11 is 0. The average molecular weight is 373 g/mol. The van der Waals surface area contributed by atoms with Crippen molar-refractivity contribution < 1.29 is 24.4 Å². The van der Waals surface area contributed by atoms with Gasteiger partial charge in [-0.2, -0.15) is 0 Å². The van der Waals surface area contributed by atoms with Crippen molar-refractivity contribution in [3.8, 4) is 5.75 Å². The van der Waals surface area contributed by atoms with E-state index in [1.54, 1.807) is 30.3 Å². The Bertz CT molecular complexity index is 840. The van der Waals surface area contributed by atoms with E-state index in [1.165, 1.54) is 25.3 Å². The number of aliphatic hydroxyl groups excluding tert-OH is 1. The molecule has 2 atom stereocenters. The number of benzene rings is 2.